The zero-order valence-corrected chi connectivity index (χ0v) is 13.4. The molecule has 3 aromatic rings. The summed E-state index contributed by atoms with van der Waals surface area (Å²) in [7, 11) is -2.57. The van der Waals surface area contributed by atoms with Crippen molar-refractivity contribution in [2.75, 3.05) is 11.8 Å². The minimum absolute atomic E-state index is 0.0445. The smallest absolute Gasteiger partial charge is 0.417 e. The van der Waals surface area contributed by atoms with Crippen molar-refractivity contribution in [2.45, 2.75) is 4.90 Å². The molecule has 0 saturated heterocycles. The van der Waals surface area contributed by atoms with Gasteiger partial charge in [-0.05, 0) is 18.2 Å². The molecule has 7 nitrogen and oxygen atoms in total. The molecule has 1 aromatic heterocycles. The summed E-state index contributed by atoms with van der Waals surface area (Å²) in [5.74, 6) is -0.329. The Morgan fingerprint density at radius 1 is 1.26 bits per heavy atom. The van der Waals surface area contributed by atoms with Crippen molar-refractivity contribution in [3.8, 4) is 5.75 Å². The van der Waals surface area contributed by atoms with Gasteiger partial charge in [0.25, 0.3) is 10.0 Å². The monoisotopic (exact) mass is 354 g/mol. The molecule has 1 heterocycles. The number of rotatable bonds is 4. The summed E-state index contributed by atoms with van der Waals surface area (Å²) in [4.78, 5) is 13.4. The van der Waals surface area contributed by atoms with E-state index >= 15 is 0 Å². The van der Waals surface area contributed by atoms with E-state index in [4.69, 9.17) is 20.8 Å². The van der Waals surface area contributed by atoms with Gasteiger partial charge in [-0.2, -0.15) is 0 Å². The number of para-hydroxylation sites is 2. The quantitative estimate of drug-likeness (QED) is 0.749. The molecule has 0 spiro atoms. The van der Waals surface area contributed by atoms with Crippen LogP contribution in [0.4, 0.5) is 5.69 Å². The summed E-state index contributed by atoms with van der Waals surface area (Å²) in [5, 5.41) is -0.0445. The molecule has 0 amide bonds. The van der Waals surface area contributed by atoms with Crippen LogP contribution < -0.4 is 15.2 Å². The van der Waals surface area contributed by atoms with Gasteiger partial charge in [-0.15, -0.1) is 0 Å². The predicted octanol–water partition coefficient (Wildman–Crippen LogP) is 2.58. The molecular formula is C14H11ClN2O5S. The van der Waals surface area contributed by atoms with Crippen LogP contribution in [0.15, 0.2) is 50.5 Å². The van der Waals surface area contributed by atoms with Gasteiger partial charge in [0.2, 0.25) is 0 Å². The Kier molecular flexibility index (Phi) is 3.78. The average molecular weight is 355 g/mol. The molecule has 0 bridgehead atoms. The van der Waals surface area contributed by atoms with Crippen molar-refractivity contribution in [1.82, 2.24) is 4.98 Å². The maximum atomic E-state index is 12.6. The molecule has 3 rings (SSSR count). The first-order valence-corrected chi connectivity index (χ1v) is 8.25. The summed E-state index contributed by atoms with van der Waals surface area (Å²) >= 11 is 6.02. The van der Waals surface area contributed by atoms with Crippen LogP contribution in [0.1, 0.15) is 0 Å². The summed E-state index contributed by atoms with van der Waals surface area (Å²) in [5.41, 5.74) is 0.678. The van der Waals surface area contributed by atoms with Gasteiger partial charge in [0.05, 0.1) is 23.3 Å². The number of sulfonamides is 1. The zero-order chi connectivity index (χ0) is 16.6. The third kappa shape index (κ3) is 2.90. The lowest BCUT2D eigenvalue weighted by Crippen LogP contribution is -2.14. The first-order valence-electron chi connectivity index (χ1n) is 6.39. The lowest BCUT2D eigenvalue weighted by Gasteiger charge is -2.12. The van der Waals surface area contributed by atoms with Crippen molar-refractivity contribution in [3.05, 3.63) is 52.0 Å². The summed E-state index contributed by atoms with van der Waals surface area (Å²) < 4.78 is 37.5. The number of oxazole rings is 1. The Hall–Kier alpha value is -2.45. The molecule has 0 radical (unpaired) electrons. The number of aromatic nitrogens is 1. The lowest BCUT2D eigenvalue weighted by atomic mass is 10.3. The van der Waals surface area contributed by atoms with E-state index in [1.807, 2.05) is 0 Å². The highest BCUT2D eigenvalue weighted by atomic mass is 35.5. The normalized spacial score (nSPS) is 11.6. The lowest BCUT2D eigenvalue weighted by molar-refractivity contribution is 0.417. The summed E-state index contributed by atoms with van der Waals surface area (Å²) in [6.07, 6.45) is 0. The molecule has 2 aromatic carbocycles. The fourth-order valence-corrected chi connectivity index (χ4v) is 3.70. The van der Waals surface area contributed by atoms with Gasteiger partial charge in [-0.25, -0.2) is 13.2 Å². The molecule has 2 N–H and O–H groups in total. The van der Waals surface area contributed by atoms with Crippen LogP contribution in [0.3, 0.4) is 0 Å². The Bertz CT molecular complexity index is 1040. The fourth-order valence-electron chi connectivity index (χ4n) is 2.09. The van der Waals surface area contributed by atoms with Crippen LogP contribution in [-0.2, 0) is 10.0 Å². The van der Waals surface area contributed by atoms with Crippen molar-refractivity contribution in [2.24, 2.45) is 0 Å². The van der Waals surface area contributed by atoms with Gasteiger partial charge in [0, 0.05) is 6.07 Å². The number of H-pyrrole nitrogens is 1. The van der Waals surface area contributed by atoms with Crippen molar-refractivity contribution in [1.29, 1.82) is 0 Å². The van der Waals surface area contributed by atoms with Crippen molar-refractivity contribution in [3.63, 3.8) is 0 Å². The largest absolute Gasteiger partial charge is 0.495 e. The molecule has 0 fully saturated rings. The fraction of sp³-hybridized carbons (Fsp3) is 0.0714. The van der Waals surface area contributed by atoms with Crippen molar-refractivity contribution < 1.29 is 17.6 Å². The number of hydrogen-bond donors (Lipinski definition) is 2. The van der Waals surface area contributed by atoms with E-state index < -0.39 is 15.8 Å². The number of hydrogen-bond acceptors (Lipinski definition) is 5. The van der Waals surface area contributed by atoms with E-state index in [0.29, 0.717) is 11.3 Å². The highest BCUT2D eigenvalue weighted by molar-refractivity contribution is 7.92. The van der Waals surface area contributed by atoms with Gasteiger partial charge < -0.3 is 9.15 Å². The molecule has 0 saturated carbocycles. The first kappa shape index (κ1) is 15.4. The highest BCUT2D eigenvalue weighted by Crippen LogP contribution is 2.30. The number of nitrogens with one attached hydrogen (secondary N) is 2. The van der Waals surface area contributed by atoms with E-state index in [0.717, 1.165) is 0 Å². The molecule has 120 valence electrons. The second-order valence-electron chi connectivity index (χ2n) is 4.60. The minimum atomic E-state index is -4.00. The predicted molar refractivity (Wildman–Crippen MR) is 85.6 cm³/mol. The van der Waals surface area contributed by atoms with Crippen LogP contribution in [-0.4, -0.2) is 20.5 Å². The van der Waals surface area contributed by atoms with Crippen LogP contribution in [0.2, 0.25) is 5.02 Å². The molecule has 0 atom stereocenters. The number of halogens is 1. The topological polar surface area (TPSA) is 101 Å². The van der Waals surface area contributed by atoms with Gasteiger partial charge >= 0.3 is 5.76 Å². The second kappa shape index (κ2) is 5.64. The second-order valence-corrected chi connectivity index (χ2v) is 6.66. The number of ether oxygens (including phenoxy) is 1. The maximum Gasteiger partial charge on any atom is 0.417 e. The third-order valence-corrected chi connectivity index (χ3v) is 4.94. The molecule has 0 aliphatic rings. The van der Waals surface area contributed by atoms with E-state index in [-0.39, 0.29) is 21.2 Å². The standard InChI is InChI=1S/C14H11ClN2O5S/c1-21-11-5-3-2-4-9(11)17-23(19,20)13-7-12-10(6-8(13)15)16-14(18)22-12/h2-7,17H,1H3,(H,16,18). The van der Waals surface area contributed by atoms with E-state index in [1.165, 1.54) is 19.2 Å². The number of fused-ring (bicyclic) bond motifs is 1. The minimum Gasteiger partial charge on any atom is -0.495 e. The number of benzene rings is 2. The molecule has 0 aliphatic heterocycles. The van der Waals surface area contributed by atoms with Crippen LogP contribution in [0.25, 0.3) is 11.1 Å². The Morgan fingerprint density at radius 2 is 2.00 bits per heavy atom. The molecular weight excluding hydrogens is 344 g/mol. The number of anilines is 1. The van der Waals surface area contributed by atoms with Gasteiger partial charge in [-0.1, -0.05) is 23.7 Å². The van der Waals surface area contributed by atoms with Gasteiger partial charge in [0.15, 0.2) is 5.58 Å². The SMILES string of the molecule is COc1ccccc1NS(=O)(=O)c1cc2oc(=O)[nH]c2cc1Cl. The van der Waals surface area contributed by atoms with E-state index in [2.05, 4.69) is 9.71 Å². The first-order chi connectivity index (χ1) is 10.9. The van der Waals surface area contributed by atoms with Crippen LogP contribution in [0.5, 0.6) is 5.75 Å². The Balaban J connectivity index is 2.09. The number of aromatic amines is 1. The van der Waals surface area contributed by atoms with Crippen LogP contribution in [0, 0.1) is 0 Å². The average Bonchev–Trinajstić information content (AvgIpc) is 2.85. The Morgan fingerprint density at radius 3 is 2.74 bits per heavy atom. The highest BCUT2D eigenvalue weighted by Gasteiger charge is 2.21. The Labute approximate surface area is 135 Å². The van der Waals surface area contributed by atoms with Crippen LogP contribution >= 0.6 is 11.6 Å². The summed E-state index contributed by atoms with van der Waals surface area (Å²) in [6, 6.07) is 9.06. The van der Waals surface area contributed by atoms with Gasteiger partial charge in [-0.3, -0.25) is 9.71 Å². The van der Waals surface area contributed by atoms with E-state index in [1.54, 1.807) is 24.3 Å². The third-order valence-electron chi connectivity index (χ3n) is 3.11. The zero-order valence-electron chi connectivity index (χ0n) is 11.8. The maximum absolute atomic E-state index is 12.6. The molecule has 23 heavy (non-hydrogen) atoms. The van der Waals surface area contributed by atoms with Crippen molar-refractivity contribution >= 4 is 38.4 Å². The molecule has 0 unspecified atom stereocenters. The number of methoxy groups -OCH3 is 1. The van der Waals surface area contributed by atoms with Gasteiger partial charge in [0.1, 0.15) is 10.6 Å². The summed E-state index contributed by atoms with van der Waals surface area (Å²) in [6.45, 7) is 0. The molecule has 0 aliphatic carbocycles. The molecule has 9 heteroatoms. The van der Waals surface area contributed by atoms with E-state index in [9.17, 15) is 13.2 Å².